The summed E-state index contributed by atoms with van der Waals surface area (Å²) in [5.41, 5.74) is 2.29. The van der Waals surface area contributed by atoms with Crippen molar-refractivity contribution < 1.29 is 33.5 Å². The largest absolute Gasteiger partial charge is 0.381 e. The van der Waals surface area contributed by atoms with Crippen LogP contribution in [0.5, 0.6) is 0 Å². The molecule has 4 amide bonds. The molecule has 2 saturated heterocycles. The van der Waals surface area contributed by atoms with Gasteiger partial charge >= 0.3 is 0 Å². The Morgan fingerprint density at radius 2 is 1.69 bits per heavy atom. The van der Waals surface area contributed by atoms with Gasteiger partial charge in [0, 0.05) is 47.7 Å². The molecule has 1 aromatic rings. The van der Waals surface area contributed by atoms with E-state index < -0.39 is 52.6 Å². The second-order valence-electron chi connectivity index (χ2n) is 14.8. The lowest BCUT2D eigenvalue weighted by Gasteiger charge is -2.36. The van der Waals surface area contributed by atoms with Gasteiger partial charge in [-0.2, -0.15) is 0 Å². The number of nitrogens with one attached hydrogen (secondary N) is 4. The van der Waals surface area contributed by atoms with Gasteiger partial charge < -0.3 is 25.6 Å². The van der Waals surface area contributed by atoms with Gasteiger partial charge in [-0.05, 0) is 67.7 Å². The zero-order valence-corrected chi connectivity index (χ0v) is 30.0. The Morgan fingerprint density at radius 1 is 1.02 bits per heavy atom. The van der Waals surface area contributed by atoms with Crippen LogP contribution in [0.25, 0.3) is 5.70 Å². The summed E-state index contributed by atoms with van der Waals surface area (Å²) in [5, 5.41) is 9.31. The van der Waals surface area contributed by atoms with E-state index in [1.807, 2.05) is 27.7 Å². The van der Waals surface area contributed by atoms with E-state index in [9.17, 15) is 24.0 Å². The molecule has 0 radical (unpaired) electrons. The maximum absolute atomic E-state index is 14.5. The molecule has 0 aromatic heterocycles. The fourth-order valence-corrected chi connectivity index (χ4v) is 7.12. The van der Waals surface area contributed by atoms with Gasteiger partial charge in [0.2, 0.25) is 23.5 Å². The highest BCUT2D eigenvalue weighted by Crippen LogP contribution is 2.39. The second kappa shape index (κ2) is 15.4. The van der Waals surface area contributed by atoms with Crippen LogP contribution in [0.4, 0.5) is 0 Å². The summed E-state index contributed by atoms with van der Waals surface area (Å²) in [7, 11) is 0. The molecule has 1 aromatic carbocycles. The van der Waals surface area contributed by atoms with Gasteiger partial charge in [-0.25, -0.2) is 0 Å². The summed E-state index contributed by atoms with van der Waals surface area (Å²) in [6.07, 6.45) is 6.07. The molecule has 4 atom stereocenters. The third-order valence-corrected chi connectivity index (χ3v) is 9.90. The lowest BCUT2D eigenvalue weighted by molar-refractivity contribution is -0.145. The predicted molar refractivity (Wildman–Crippen MR) is 184 cm³/mol. The highest BCUT2D eigenvalue weighted by atomic mass is 35.5. The number of ether oxygens (including phenoxy) is 1. The third-order valence-electron chi connectivity index (χ3n) is 9.46. The van der Waals surface area contributed by atoms with Crippen molar-refractivity contribution in [1.29, 1.82) is 0 Å². The molecule has 12 nitrogen and oxygen atoms in total. The van der Waals surface area contributed by atoms with Crippen LogP contribution in [0.3, 0.4) is 0 Å². The van der Waals surface area contributed by atoms with Gasteiger partial charge in [0.1, 0.15) is 17.7 Å². The predicted octanol–water partition coefficient (Wildman–Crippen LogP) is 3.69. The van der Waals surface area contributed by atoms with Gasteiger partial charge in [0.05, 0.1) is 18.3 Å². The van der Waals surface area contributed by atoms with Gasteiger partial charge in [-0.15, -0.1) is 0 Å². The van der Waals surface area contributed by atoms with Gasteiger partial charge in [0.15, 0.2) is 0 Å². The fraction of sp³-hybridized carbons (Fsp3) is 0.629. The first kappa shape index (κ1) is 37.1. The Kier molecular flexibility index (Phi) is 11.6. The SMILES string of the molecule is CCC[C@H](NC(=O)[C@@H]1C[C@]2(C=C(c3cc(Cl)cc(Cl)c3)NO2)CN1C(=O)[C@@H](NC(=O)CC1CCOCC1)C(C)(C)C)C(=O)C(=O)NC1CC1. The molecule has 268 valence electrons. The van der Waals surface area contributed by atoms with Gasteiger partial charge in [-0.3, -0.25) is 34.3 Å². The molecule has 14 heteroatoms. The molecule has 3 aliphatic heterocycles. The van der Waals surface area contributed by atoms with Crippen molar-refractivity contribution in [3.63, 3.8) is 0 Å². The zero-order chi connectivity index (χ0) is 35.5. The van der Waals surface area contributed by atoms with E-state index >= 15 is 0 Å². The molecule has 49 heavy (non-hydrogen) atoms. The van der Waals surface area contributed by atoms with Gasteiger partial charge in [0.25, 0.3) is 5.91 Å². The molecule has 1 aliphatic carbocycles. The maximum Gasteiger partial charge on any atom is 0.289 e. The quantitative estimate of drug-likeness (QED) is 0.239. The lowest BCUT2D eigenvalue weighted by atomic mass is 9.85. The Bertz CT molecular complexity index is 1470. The molecule has 3 heterocycles. The van der Waals surface area contributed by atoms with Crippen LogP contribution < -0.4 is 21.4 Å². The summed E-state index contributed by atoms with van der Waals surface area (Å²) in [5.74, 6) is -2.58. The van der Waals surface area contributed by atoms with Crippen molar-refractivity contribution in [2.24, 2.45) is 11.3 Å². The minimum absolute atomic E-state index is 0.0180. The Balaban J connectivity index is 1.42. The Morgan fingerprint density at radius 3 is 2.31 bits per heavy atom. The van der Waals surface area contributed by atoms with E-state index in [0.717, 1.165) is 25.7 Å². The highest BCUT2D eigenvalue weighted by Gasteiger charge is 2.54. The lowest BCUT2D eigenvalue weighted by Crippen LogP contribution is -2.59. The van der Waals surface area contributed by atoms with Crippen LogP contribution in [-0.2, 0) is 33.5 Å². The van der Waals surface area contributed by atoms with E-state index in [1.165, 1.54) is 4.90 Å². The number of halogens is 2. The second-order valence-corrected chi connectivity index (χ2v) is 15.6. The average molecular weight is 721 g/mol. The first-order chi connectivity index (χ1) is 23.2. The van der Waals surface area contributed by atoms with Crippen molar-refractivity contribution >= 4 is 58.3 Å². The number of ketones is 1. The van der Waals surface area contributed by atoms with Crippen LogP contribution in [0.15, 0.2) is 24.3 Å². The summed E-state index contributed by atoms with van der Waals surface area (Å²) >= 11 is 12.5. The molecule has 1 spiro atoms. The molecular weight excluding hydrogens is 673 g/mol. The van der Waals surface area contributed by atoms with Crippen LogP contribution in [0, 0.1) is 11.3 Å². The number of amides is 4. The maximum atomic E-state index is 14.5. The van der Waals surface area contributed by atoms with E-state index in [-0.39, 0.29) is 43.7 Å². The molecule has 3 fully saturated rings. The number of nitrogens with zero attached hydrogens (tertiary/aromatic N) is 1. The molecule has 0 unspecified atom stereocenters. The molecule has 4 N–H and O–H groups in total. The van der Waals surface area contributed by atoms with Crippen molar-refractivity contribution in [2.45, 2.75) is 109 Å². The summed E-state index contributed by atoms with van der Waals surface area (Å²) in [6.45, 7) is 8.60. The normalized spacial score (nSPS) is 23.8. The standard InChI is InChI=1S/C35H47Cl2N5O7/c1-5-6-25(29(44)32(46)38-24-7-8-24)39-31(45)27-18-35(17-26(41-49-35)21-14-22(36)16-23(37)15-21)19-42(27)33(47)30(34(2,3)4)40-28(43)13-20-9-11-48-12-10-20/h14-17,20,24-25,27,30,41H,5-13,18-19H2,1-4H3,(H,38,46)(H,39,45)(H,40,43)/t25-,27-,30+,35+/m0/s1. The van der Waals surface area contributed by atoms with E-state index in [4.69, 9.17) is 32.8 Å². The van der Waals surface area contributed by atoms with Crippen molar-refractivity contribution in [3.05, 3.63) is 39.9 Å². The van der Waals surface area contributed by atoms with Crippen LogP contribution in [0.1, 0.15) is 84.6 Å². The number of hydrogen-bond donors (Lipinski definition) is 4. The molecular formula is C35H47Cl2N5O7. The number of carbonyl (C=O) groups is 5. The number of Topliss-reactive ketones (excluding diaryl/α,β-unsaturated/α-hetero) is 1. The average Bonchev–Trinajstić information content (AvgIpc) is 3.63. The van der Waals surface area contributed by atoms with Crippen LogP contribution in [-0.4, -0.2) is 83.8 Å². The number of carbonyl (C=O) groups excluding carboxylic acids is 5. The Labute approximate surface area is 297 Å². The third kappa shape index (κ3) is 9.33. The van der Waals surface area contributed by atoms with Gasteiger partial charge in [-0.1, -0.05) is 57.3 Å². The highest BCUT2D eigenvalue weighted by molar-refractivity contribution is 6.38. The first-order valence-electron chi connectivity index (χ1n) is 17.1. The monoisotopic (exact) mass is 719 g/mol. The van der Waals surface area contributed by atoms with E-state index in [2.05, 4.69) is 21.4 Å². The first-order valence-corrected chi connectivity index (χ1v) is 17.9. The molecule has 1 saturated carbocycles. The fourth-order valence-electron chi connectivity index (χ4n) is 6.59. The number of rotatable bonds is 12. The minimum atomic E-state index is -1.13. The smallest absolute Gasteiger partial charge is 0.289 e. The topological polar surface area (TPSA) is 155 Å². The summed E-state index contributed by atoms with van der Waals surface area (Å²) in [4.78, 5) is 75.3. The molecule has 5 rings (SSSR count). The van der Waals surface area contributed by atoms with Crippen molar-refractivity contribution in [1.82, 2.24) is 26.3 Å². The zero-order valence-electron chi connectivity index (χ0n) is 28.5. The number of benzene rings is 1. The number of hydrogen-bond acceptors (Lipinski definition) is 8. The summed E-state index contributed by atoms with van der Waals surface area (Å²) in [6, 6.07) is 1.91. The summed E-state index contributed by atoms with van der Waals surface area (Å²) < 4.78 is 5.43. The van der Waals surface area contributed by atoms with Crippen LogP contribution >= 0.6 is 23.2 Å². The minimum Gasteiger partial charge on any atom is -0.381 e. The van der Waals surface area contributed by atoms with Crippen LogP contribution in [0.2, 0.25) is 10.0 Å². The molecule has 4 aliphatic rings. The number of hydroxylamine groups is 1. The molecule has 0 bridgehead atoms. The van der Waals surface area contributed by atoms with E-state index in [1.54, 1.807) is 24.3 Å². The number of likely N-dealkylation sites (tertiary alicyclic amines) is 1. The van der Waals surface area contributed by atoms with Crippen molar-refractivity contribution in [2.75, 3.05) is 19.8 Å². The van der Waals surface area contributed by atoms with Crippen molar-refractivity contribution in [3.8, 4) is 0 Å². The van der Waals surface area contributed by atoms with E-state index in [0.29, 0.717) is 40.9 Å². The Hall–Kier alpha value is -3.19.